The number of carbonyl (C=O) groups excluding carboxylic acids is 2. The Morgan fingerprint density at radius 2 is 0.701 bits per heavy atom. The standard InChI is InChI=1S/C61H117NO5/c1-3-5-7-9-11-13-15-30-35-39-43-47-51-55-61(66)67-56-52-48-44-40-36-32-29-27-25-23-21-19-17-16-18-20-22-24-26-28-31-34-38-42-46-50-54-60(65)62-58(57-63)59(64)53-49-45-41-37-33-14-12-10-8-6-4-2/h16,18,49,53,58-59,63-64H,3-15,17,19-48,50-52,54-57H2,1-2H3,(H,62,65)/b18-16-,53-49+. The quantitative estimate of drug-likeness (QED) is 0.0321. The van der Waals surface area contributed by atoms with Gasteiger partial charge in [0.1, 0.15) is 0 Å². The molecule has 67 heavy (non-hydrogen) atoms. The third-order valence-electron chi connectivity index (χ3n) is 14.0. The van der Waals surface area contributed by atoms with E-state index in [1.54, 1.807) is 6.08 Å². The molecule has 0 radical (unpaired) electrons. The van der Waals surface area contributed by atoms with Crippen LogP contribution in [0.5, 0.6) is 0 Å². The topological polar surface area (TPSA) is 95.9 Å². The van der Waals surface area contributed by atoms with Gasteiger partial charge in [-0.15, -0.1) is 0 Å². The van der Waals surface area contributed by atoms with E-state index in [4.69, 9.17) is 4.74 Å². The van der Waals surface area contributed by atoms with Crippen LogP contribution in [0.25, 0.3) is 0 Å². The van der Waals surface area contributed by atoms with Crippen molar-refractivity contribution in [3.05, 3.63) is 24.3 Å². The van der Waals surface area contributed by atoms with Gasteiger partial charge in [0.25, 0.3) is 0 Å². The van der Waals surface area contributed by atoms with Crippen LogP contribution in [0.3, 0.4) is 0 Å². The lowest BCUT2D eigenvalue weighted by atomic mass is 10.0. The van der Waals surface area contributed by atoms with Gasteiger partial charge in [0.05, 0.1) is 25.4 Å². The SMILES string of the molecule is CCCCCCCCCCC/C=C/C(O)C(CO)NC(=O)CCCCCCCCCCCC/C=C\CCCCCCCCCCCCCCOC(=O)CCCCCCCCCCCCCCC. The molecule has 0 fully saturated rings. The van der Waals surface area contributed by atoms with Crippen LogP contribution in [-0.2, 0) is 14.3 Å². The molecule has 0 aromatic rings. The zero-order valence-corrected chi connectivity index (χ0v) is 45.1. The first-order valence-corrected chi connectivity index (χ1v) is 30.1. The zero-order valence-electron chi connectivity index (χ0n) is 45.1. The van der Waals surface area contributed by atoms with Gasteiger partial charge in [0, 0.05) is 12.8 Å². The van der Waals surface area contributed by atoms with Crippen molar-refractivity contribution in [2.24, 2.45) is 0 Å². The summed E-state index contributed by atoms with van der Waals surface area (Å²) in [7, 11) is 0. The van der Waals surface area contributed by atoms with Crippen molar-refractivity contribution in [2.45, 2.75) is 341 Å². The van der Waals surface area contributed by atoms with Crippen molar-refractivity contribution < 1.29 is 24.5 Å². The molecule has 396 valence electrons. The van der Waals surface area contributed by atoms with Gasteiger partial charge < -0.3 is 20.3 Å². The maximum atomic E-state index is 12.4. The minimum Gasteiger partial charge on any atom is -0.466 e. The van der Waals surface area contributed by atoms with Crippen LogP contribution in [0.15, 0.2) is 24.3 Å². The third kappa shape index (κ3) is 53.5. The number of carbonyl (C=O) groups is 2. The summed E-state index contributed by atoms with van der Waals surface area (Å²) < 4.78 is 5.48. The largest absolute Gasteiger partial charge is 0.466 e. The molecule has 0 aromatic heterocycles. The van der Waals surface area contributed by atoms with Gasteiger partial charge in [-0.3, -0.25) is 9.59 Å². The molecule has 1 amide bonds. The van der Waals surface area contributed by atoms with E-state index in [0.29, 0.717) is 19.4 Å². The highest BCUT2D eigenvalue weighted by Gasteiger charge is 2.18. The Kier molecular flexibility index (Phi) is 55.5. The van der Waals surface area contributed by atoms with Crippen LogP contribution in [0, 0.1) is 0 Å². The number of hydrogen-bond donors (Lipinski definition) is 3. The van der Waals surface area contributed by atoms with Gasteiger partial charge in [-0.25, -0.2) is 0 Å². The van der Waals surface area contributed by atoms with Crippen LogP contribution in [-0.4, -0.2) is 47.4 Å². The Morgan fingerprint density at radius 1 is 0.403 bits per heavy atom. The third-order valence-corrected chi connectivity index (χ3v) is 14.0. The molecule has 0 aromatic carbocycles. The molecular weight excluding hydrogens is 827 g/mol. The lowest BCUT2D eigenvalue weighted by Crippen LogP contribution is -2.45. The van der Waals surface area contributed by atoms with Gasteiger partial charge >= 0.3 is 5.97 Å². The van der Waals surface area contributed by atoms with E-state index in [0.717, 1.165) is 38.5 Å². The Labute approximate surface area is 418 Å². The molecule has 0 bridgehead atoms. The van der Waals surface area contributed by atoms with E-state index in [2.05, 4.69) is 31.3 Å². The van der Waals surface area contributed by atoms with Gasteiger partial charge in [-0.1, -0.05) is 282 Å². The average molecular weight is 945 g/mol. The molecule has 0 spiro atoms. The van der Waals surface area contributed by atoms with E-state index in [-0.39, 0.29) is 18.5 Å². The van der Waals surface area contributed by atoms with Crippen molar-refractivity contribution in [1.82, 2.24) is 5.32 Å². The van der Waals surface area contributed by atoms with Gasteiger partial charge in [0.15, 0.2) is 0 Å². The molecule has 6 nitrogen and oxygen atoms in total. The fraction of sp³-hybridized carbons (Fsp3) is 0.902. The minimum atomic E-state index is -0.843. The number of hydrogen-bond acceptors (Lipinski definition) is 5. The molecule has 2 atom stereocenters. The molecule has 0 aliphatic rings. The second-order valence-corrected chi connectivity index (χ2v) is 20.7. The Bertz CT molecular complexity index is 1040. The van der Waals surface area contributed by atoms with Crippen LogP contribution in [0.2, 0.25) is 0 Å². The Balaban J connectivity index is 3.38. The number of esters is 1. The molecular formula is C61H117NO5. The Morgan fingerprint density at radius 3 is 1.06 bits per heavy atom. The van der Waals surface area contributed by atoms with Gasteiger partial charge in [0.2, 0.25) is 5.91 Å². The van der Waals surface area contributed by atoms with E-state index < -0.39 is 12.1 Å². The number of aliphatic hydroxyl groups excluding tert-OH is 2. The molecule has 0 saturated carbocycles. The second kappa shape index (κ2) is 56.9. The molecule has 0 aliphatic heterocycles. The average Bonchev–Trinajstić information content (AvgIpc) is 3.33. The van der Waals surface area contributed by atoms with Gasteiger partial charge in [-0.2, -0.15) is 0 Å². The van der Waals surface area contributed by atoms with Crippen LogP contribution in [0.4, 0.5) is 0 Å². The molecule has 0 aliphatic carbocycles. The maximum absolute atomic E-state index is 12.4. The lowest BCUT2D eigenvalue weighted by Gasteiger charge is -2.20. The van der Waals surface area contributed by atoms with Crippen LogP contribution in [0.1, 0.15) is 328 Å². The van der Waals surface area contributed by atoms with Crippen LogP contribution >= 0.6 is 0 Å². The summed E-state index contributed by atoms with van der Waals surface area (Å²) in [6, 6.07) is -0.627. The van der Waals surface area contributed by atoms with Crippen molar-refractivity contribution in [1.29, 1.82) is 0 Å². The van der Waals surface area contributed by atoms with Crippen molar-refractivity contribution in [2.75, 3.05) is 13.2 Å². The lowest BCUT2D eigenvalue weighted by molar-refractivity contribution is -0.143. The smallest absolute Gasteiger partial charge is 0.305 e. The number of amides is 1. The highest BCUT2D eigenvalue weighted by Crippen LogP contribution is 2.17. The summed E-state index contributed by atoms with van der Waals surface area (Å²) in [5.74, 6) is -0.0549. The summed E-state index contributed by atoms with van der Waals surface area (Å²) in [4.78, 5) is 24.4. The van der Waals surface area contributed by atoms with E-state index in [9.17, 15) is 19.8 Å². The number of aliphatic hydroxyl groups is 2. The molecule has 3 N–H and O–H groups in total. The maximum Gasteiger partial charge on any atom is 0.305 e. The first-order valence-electron chi connectivity index (χ1n) is 30.1. The summed E-state index contributed by atoms with van der Waals surface area (Å²) in [6.45, 7) is 4.90. The highest BCUT2D eigenvalue weighted by molar-refractivity contribution is 5.76. The predicted molar refractivity (Wildman–Crippen MR) is 292 cm³/mol. The number of nitrogens with one attached hydrogen (secondary N) is 1. The van der Waals surface area contributed by atoms with E-state index >= 15 is 0 Å². The van der Waals surface area contributed by atoms with Crippen molar-refractivity contribution >= 4 is 11.9 Å². The van der Waals surface area contributed by atoms with Gasteiger partial charge in [-0.05, 0) is 57.8 Å². The fourth-order valence-electron chi connectivity index (χ4n) is 9.34. The summed E-state index contributed by atoms with van der Waals surface area (Å²) in [5.41, 5.74) is 0. The van der Waals surface area contributed by atoms with Crippen LogP contribution < -0.4 is 5.32 Å². The molecule has 0 heterocycles. The number of unbranched alkanes of at least 4 members (excludes halogenated alkanes) is 43. The number of rotatable bonds is 56. The fourth-order valence-corrected chi connectivity index (χ4v) is 9.34. The first kappa shape index (κ1) is 65.3. The monoisotopic (exact) mass is 944 g/mol. The second-order valence-electron chi connectivity index (χ2n) is 20.7. The zero-order chi connectivity index (χ0) is 48.6. The van der Waals surface area contributed by atoms with Crippen molar-refractivity contribution in [3.8, 4) is 0 Å². The number of ether oxygens (including phenoxy) is 1. The molecule has 0 rings (SSSR count). The first-order chi connectivity index (χ1) is 33.0. The van der Waals surface area contributed by atoms with E-state index in [1.807, 2.05) is 6.08 Å². The van der Waals surface area contributed by atoms with Crippen molar-refractivity contribution in [3.63, 3.8) is 0 Å². The normalized spacial score (nSPS) is 12.7. The summed E-state index contributed by atoms with van der Waals surface area (Å²) >= 11 is 0. The minimum absolute atomic E-state index is 0.0155. The molecule has 0 saturated heterocycles. The summed E-state index contributed by atoms with van der Waals surface area (Å²) in [6.07, 6.45) is 69.3. The molecule has 6 heteroatoms. The predicted octanol–water partition coefficient (Wildman–Crippen LogP) is 18.6. The molecule has 2 unspecified atom stereocenters. The Hall–Kier alpha value is -1.66. The van der Waals surface area contributed by atoms with E-state index in [1.165, 1.54) is 263 Å². The summed E-state index contributed by atoms with van der Waals surface area (Å²) in [5, 5.41) is 23.0. The highest BCUT2D eigenvalue weighted by atomic mass is 16.5. The number of allylic oxidation sites excluding steroid dienone is 3.